The summed E-state index contributed by atoms with van der Waals surface area (Å²) in [5, 5.41) is 0. The van der Waals surface area contributed by atoms with E-state index in [4.69, 9.17) is 10.7 Å². The minimum atomic E-state index is -0.231. The molecule has 1 aliphatic carbocycles. The van der Waals surface area contributed by atoms with Crippen LogP contribution in [0.4, 0.5) is 5.95 Å². The van der Waals surface area contributed by atoms with Gasteiger partial charge in [-0.25, -0.2) is 9.97 Å². The van der Waals surface area contributed by atoms with Crippen LogP contribution in [0.25, 0.3) is 6.08 Å². The first-order valence-electron chi connectivity index (χ1n) is 10.2. The second-order valence-electron chi connectivity index (χ2n) is 7.96. The van der Waals surface area contributed by atoms with E-state index in [0.29, 0.717) is 31.0 Å². The van der Waals surface area contributed by atoms with Crippen LogP contribution in [-0.4, -0.2) is 34.7 Å². The summed E-state index contributed by atoms with van der Waals surface area (Å²) in [6.07, 6.45) is 6.85. The lowest BCUT2D eigenvalue weighted by atomic mass is 9.84. The number of aromatic nitrogens is 2. The van der Waals surface area contributed by atoms with Gasteiger partial charge in [0.25, 0.3) is 0 Å². The van der Waals surface area contributed by atoms with Crippen LogP contribution in [-0.2, 0) is 11.2 Å². The lowest BCUT2D eigenvalue weighted by Crippen LogP contribution is -2.39. The van der Waals surface area contributed by atoms with Crippen molar-refractivity contribution < 1.29 is 9.59 Å². The highest BCUT2D eigenvalue weighted by Crippen LogP contribution is 2.30. The van der Waals surface area contributed by atoms with Gasteiger partial charge in [-0.15, -0.1) is 0 Å². The molecule has 2 heterocycles. The molecule has 2 N–H and O–H groups in total. The number of anilines is 1. The molecule has 6 heteroatoms. The molecule has 1 fully saturated rings. The summed E-state index contributed by atoms with van der Waals surface area (Å²) in [5.74, 6) is 0.609. The number of fused-ring (bicyclic) bond motifs is 1. The molecule has 1 aromatic heterocycles. The zero-order valence-electron chi connectivity index (χ0n) is 16.7. The van der Waals surface area contributed by atoms with Crippen molar-refractivity contribution in [3.8, 4) is 0 Å². The topological polar surface area (TPSA) is 89.2 Å². The first-order chi connectivity index (χ1) is 14.0. The van der Waals surface area contributed by atoms with Gasteiger partial charge in [0, 0.05) is 25.4 Å². The number of ketones is 1. The lowest BCUT2D eigenvalue weighted by molar-refractivity contribution is -0.122. The molecule has 6 nitrogen and oxygen atoms in total. The summed E-state index contributed by atoms with van der Waals surface area (Å²) in [4.78, 5) is 35.6. The third kappa shape index (κ3) is 4.21. The van der Waals surface area contributed by atoms with Crippen molar-refractivity contribution in [2.45, 2.75) is 32.6 Å². The van der Waals surface area contributed by atoms with E-state index in [2.05, 4.69) is 34.2 Å². The molecule has 4 rings (SSSR count). The van der Waals surface area contributed by atoms with E-state index in [9.17, 15) is 9.59 Å². The van der Waals surface area contributed by atoms with E-state index in [1.807, 2.05) is 25.1 Å². The lowest BCUT2D eigenvalue weighted by Gasteiger charge is -2.32. The number of allylic oxidation sites excluding steroid dienone is 1. The van der Waals surface area contributed by atoms with Gasteiger partial charge in [0.1, 0.15) is 0 Å². The Morgan fingerprint density at radius 1 is 1.14 bits per heavy atom. The highest BCUT2D eigenvalue weighted by molar-refractivity contribution is 5.99. The fourth-order valence-electron chi connectivity index (χ4n) is 4.24. The van der Waals surface area contributed by atoms with Crippen LogP contribution >= 0.6 is 0 Å². The second-order valence-corrected chi connectivity index (χ2v) is 7.96. The van der Waals surface area contributed by atoms with Crippen LogP contribution in [0.3, 0.4) is 0 Å². The first kappa shape index (κ1) is 19.3. The van der Waals surface area contributed by atoms with E-state index in [1.54, 1.807) is 0 Å². The number of aryl methyl sites for hydroxylation is 1. The largest absolute Gasteiger partial charge is 0.369 e. The second kappa shape index (κ2) is 8.15. The summed E-state index contributed by atoms with van der Waals surface area (Å²) in [6.45, 7) is 3.30. The van der Waals surface area contributed by atoms with E-state index in [1.165, 1.54) is 0 Å². The molecule has 0 saturated carbocycles. The van der Waals surface area contributed by atoms with Gasteiger partial charge in [0.2, 0.25) is 11.9 Å². The molecular weight excluding hydrogens is 364 g/mol. The zero-order chi connectivity index (χ0) is 20.4. The minimum absolute atomic E-state index is 0.0703. The first-order valence-corrected chi connectivity index (χ1v) is 10.2. The normalized spacial score (nSPS) is 20.1. The summed E-state index contributed by atoms with van der Waals surface area (Å²) in [7, 11) is 0. The van der Waals surface area contributed by atoms with Crippen molar-refractivity contribution in [2.24, 2.45) is 17.6 Å². The van der Waals surface area contributed by atoms with E-state index < -0.39 is 0 Å². The van der Waals surface area contributed by atoms with Crippen molar-refractivity contribution in [3.05, 3.63) is 58.9 Å². The van der Waals surface area contributed by atoms with Crippen LogP contribution in [0, 0.1) is 18.8 Å². The Morgan fingerprint density at radius 3 is 2.55 bits per heavy atom. The molecule has 1 aliphatic heterocycles. The molecule has 29 heavy (non-hydrogen) atoms. The number of rotatable bonds is 4. The predicted octanol–water partition coefficient (Wildman–Crippen LogP) is 2.95. The number of Topliss-reactive ketones (excluding diaryl/α,β-unsaturated/α-hetero) is 1. The molecule has 0 unspecified atom stereocenters. The fourth-order valence-corrected chi connectivity index (χ4v) is 4.24. The Kier molecular flexibility index (Phi) is 5.43. The molecule has 1 amide bonds. The standard InChI is InChI=1S/C23H26N4O2/c1-15-21-19(26-23(25-15)27-11-9-18(10-12-27)22(24)29)13-17(14-20(21)28)8-7-16-5-3-2-4-6-16/h2-8,17-18H,9-14H2,1H3,(H2,24,29)/b8-7+/t17-/m1/s1. The van der Waals surface area contributed by atoms with Crippen molar-refractivity contribution in [1.82, 2.24) is 9.97 Å². The van der Waals surface area contributed by atoms with E-state index in [0.717, 1.165) is 36.2 Å². The predicted molar refractivity (Wildman–Crippen MR) is 113 cm³/mol. The molecule has 1 saturated heterocycles. The van der Waals surface area contributed by atoms with Gasteiger partial charge in [-0.3, -0.25) is 9.59 Å². The Hall–Kier alpha value is -3.02. The van der Waals surface area contributed by atoms with Crippen LogP contribution in [0.5, 0.6) is 0 Å². The van der Waals surface area contributed by atoms with E-state index in [-0.39, 0.29) is 23.5 Å². The van der Waals surface area contributed by atoms with Gasteiger partial charge in [-0.05, 0) is 37.7 Å². The Bertz CT molecular complexity index is 947. The molecule has 1 atom stereocenters. The molecule has 0 radical (unpaired) electrons. The van der Waals surface area contributed by atoms with Gasteiger partial charge >= 0.3 is 0 Å². The smallest absolute Gasteiger partial charge is 0.225 e. The maximum Gasteiger partial charge on any atom is 0.225 e. The van der Waals surface area contributed by atoms with Crippen LogP contribution < -0.4 is 10.6 Å². The number of carbonyl (C=O) groups excluding carboxylic acids is 2. The molecule has 0 spiro atoms. The summed E-state index contributed by atoms with van der Waals surface area (Å²) in [6, 6.07) is 10.1. The van der Waals surface area contributed by atoms with Gasteiger partial charge in [-0.2, -0.15) is 0 Å². The number of nitrogens with two attached hydrogens (primary N) is 1. The number of hydrogen-bond donors (Lipinski definition) is 1. The Morgan fingerprint density at radius 2 is 1.86 bits per heavy atom. The van der Waals surface area contributed by atoms with Crippen molar-refractivity contribution in [1.29, 1.82) is 0 Å². The highest BCUT2D eigenvalue weighted by atomic mass is 16.1. The van der Waals surface area contributed by atoms with Gasteiger partial charge in [0.15, 0.2) is 5.78 Å². The zero-order valence-corrected chi connectivity index (χ0v) is 16.7. The average molecular weight is 390 g/mol. The van der Waals surface area contributed by atoms with Crippen LogP contribution in [0.1, 0.15) is 46.6 Å². The Balaban J connectivity index is 1.53. The summed E-state index contributed by atoms with van der Waals surface area (Å²) in [5.41, 5.74) is 8.83. The summed E-state index contributed by atoms with van der Waals surface area (Å²) >= 11 is 0. The molecule has 150 valence electrons. The van der Waals surface area contributed by atoms with Crippen molar-refractivity contribution in [2.75, 3.05) is 18.0 Å². The number of benzene rings is 1. The third-order valence-corrected chi connectivity index (χ3v) is 5.88. The molecule has 2 aromatic rings. The SMILES string of the molecule is Cc1nc(N2CCC(C(N)=O)CC2)nc2c1C(=O)C[C@H](/C=C/c1ccccc1)C2. The number of amides is 1. The quantitative estimate of drug-likeness (QED) is 0.867. The average Bonchev–Trinajstić information content (AvgIpc) is 2.72. The monoisotopic (exact) mass is 390 g/mol. The van der Waals surface area contributed by atoms with Gasteiger partial charge < -0.3 is 10.6 Å². The van der Waals surface area contributed by atoms with Gasteiger partial charge in [0.05, 0.1) is 17.0 Å². The third-order valence-electron chi connectivity index (χ3n) is 5.88. The maximum absolute atomic E-state index is 12.8. The highest BCUT2D eigenvalue weighted by Gasteiger charge is 2.30. The molecule has 1 aromatic carbocycles. The van der Waals surface area contributed by atoms with Crippen LogP contribution in [0.2, 0.25) is 0 Å². The number of carbonyl (C=O) groups is 2. The van der Waals surface area contributed by atoms with Crippen molar-refractivity contribution >= 4 is 23.7 Å². The number of hydrogen-bond acceptors (Lipinski definition) is 5. The number of nitrogens with zero attached hydrogens (tertiary/aromatic N) is 3. The molecular formula is C23H26N4O2. The minimum Gasteiger partial charge on any atom is -0.369 e. The van der Waals surface area contributed by atoms with Gasteiger partial charge in [-0.1, -0.05) is 42.5 Å². The molecule has 2 aliphatic rings. The molecule has 0 bridgehead atoms. The van der Waals surface area contributed by atoms with E-state index >= 15 is 0 Å². The Labute approximate surface area is 170 Å². The summed E-state index contributed by atoms with van der Waals surface area (Å²) < 4.78 is 0. The maximum atomic E-state index is 12.8. The fraction of sp³-hybridized carbons (Fsp3) is 0.391. The van der Waals surface area contributed by atoms with Crippen LogP contribution in [0.15, 0.2) is 36.4 Å². The van der Waals surface area contributed by atoms with Crippen molar-refractivity contribution in [3.63, 3.8) is 0 Å². The number of piperidine rings is 1. The number of primary amides is 1.